The van der Waals surface area contributed by atoms with E-state index in [0.717, 1.165) is 38.5 Å². The van der Waals surface area contributed by atoms with E-state index in [1.54, 1.807) is 0 Å². The molecular formula is C12H15NO2. The van der Waals surface area contributed by atoms with Crippen LogP contribution in [0.4, 0.5) is 0 Å². The summed E-state index contributed by atoms with van der Waals surface area (Å²) in [5.41, 5.74) is 2.65. The molecule has 1 saturated heterocycles. The lowest BCUT2D eigenvalue weighted by molar-refractivity contribution is 0.0768. The van der Waals surface area contributed by atoms with Gasteiger partial charge in [-0.25, -0.2) is 0 Å². The first-order valence-corrected chi connectivity index (χ1v) is 5.50. The number of hydrogen-bond donors (Lipinski definition) is 1. The van der Waals surface area contributed by atoms with E-state index in [1.165, 1.54) is 11.1 Å². The first kappa shape index (κ1) is 9.19. The van der Waals surface area contributed by atoms with Gasteiger partial charge in [0.25, 0.3) is 0 Å². The van der Waals surface area contributed by atoms with Crippen LogP contribution in [-0.4, -0.2) is 26.4 Å². The normalized spacial score (nSPS) is 24.7. The van der Waals surface area contributed by atoms with Crippen LogP contribution in [0, 0.1) is 0 Å². The second-order valence-electron chi connectivity index (χ2n) is 4.05. The molecule has 3 nitrogen and oxygen atoms in total. The molecule has 1 aromatic carbocycles. The predicted molar refractivity (Wildman–Crippen MR) is 57.2 cm³/mol. The van der Waals surface area contributed by atoms with E-state index in [2.05, 4.69) is 23.5 Å². The smallest absolute Gasteiger partial charge is 0.122 e. The van der Waals surface area contributed by atoms with E-state index in [-0.39, 0.29) is 0 Å². The Labute approximate surface area is 89.4 Å². The molecule has 0 bridgehead atoms. The molecule has 2 aliphatic heterocycles. The summed E-state index contributed by atoms with van der Waals surface area (Å²) < 4.78 is 11.0. The van der Waals surface area contributed by atoms with Crippen molar-refractivity contribution in [1.82, 2.24) is 5.32 Å². The number of ether oxygens (including phenoxy) is 2. The van der Waals surface area contributed by atoms with Gasteiger partial charge in [-0.1, -0.05) is 12.1 Å². The third-order valence-electron chi connectivity index (χ3n) is 3.04. The zero-order chi connectivity index (χ0) is 10.1. The van der Waals surface area contributed by atoms with Crippen molar-refractivity contribution in [3.8, 4) is 5.75 Å². The standard InChI is InChI=1S/C12H15NO2/c1-2-12-10(3-5-15-12)7-9(1)11-8-14-6-4-13-11/h1-2,7,11,13H,3-6,8H2/t11-/m1/s1. The average Bonchev–Trinajstić information content (AvgIpc) is 2.77. The Bertz CT molecular complexity index is 359. The fraction of sp³-hybridized carbons (Fsp3) is 0.500. The summed E-state index contributed by atoms with van der Waals surface area (Å²) in [6, 6.07) is 6.81. The lowest BCUT2D eigenvalue weighted by Gasteiger charge is -2.24. The summed E-state index contributed by atoms with van der Waals surface area (Å²) in [6.07, 6.45) is 1.04. The third-order valence-corrected chi connectivity index (χ3v) is 3.04. The molecule has 0 unspecified atom stereocenters. The topological polar surface area (TPSA) is 30.5 Å². The van der Waals surface area contributed by atoms with Gasteiger partial charge in [0.05, 0.1) is 25.9 Å². The van der Waals surface area contributed by atoms with Crippen molar-refractivity contribution in [2.45, 2.75) is 12.5 Å². The van der Waals surface area contributed by atoms with Crippen molar-refractivity contribution >= 4 is 0 Å². The zero-order valence-corrected chi connectivity index (χ0v) is 8.66. The maximum Gasteiger partial charge on any atom is 0.122 e. The minimum atomic E-state index is 0.352. The highest BCUT2D eigenvalue weighted by Gasteiger charge is 2.18. The van der Waals surface area contributed by atoms with Gasteiger partial charge in [0.15, 0.2) is 0 Å². The average molecular weight is 205 g/mol. The van der Waals surface area contributed by atoms with E-state index in [9.17, 15) is 0 Å². The highest BCUT2D eigenvalue weighted by Crippen LogP contribution is 2.28. The monoisotopic (exact) mass is 205 g/mol. The first-order chi connectivity index (χ1) is 7.43. The molecule has 1 N–H and O–H groups in total. The van der Waals surface area contributed by atoms with Gasteiger partial charge in [-0.3, -0.25) is 0 Å². The van der Waals surface area contributed by atoms with Gasteiger partial charge in [0.2, 0.25) is 0 Å². The van der Waals surface area contributed by atoms with Crippen molar-refractivity contribution < 1.29 is 9.47 Å². The second-order valence-corrected chi connectivity index (χ2v) is 4.05. The molecule has 1 aromatic rings. The van der Waals surface area contributed by atoms with Crippen molar-refractivity contribution in [3.05, 3.63) is 29.3 Å². The molecule has 1 atom stereocenters. The van der Waals surface area contributed by atoms with Gasteiger partial charge < -0.3 is 14.8 Å². The summed E-state index contributed by atoms with van der Waals surface area (Å²) in [5.74, 6) is 1.05. The Hall–Kier alpha value is -1.06. The molecule has 0 radical (unpaired) electrons. The molecule has 80 valence electrons. The summed E-state index contributed by atoms with van der Waals surface area (Å²) in [5, 5.41) is 3.46. The van der Waals surface area contributed by atoms with Gasteiger partial charge in [-0.15, -0.1) is 0 Å². The van der Waals surface area contributed by atoms with Crippen LogP contribution in [0.25, 0.3) is 0 Å². The third kappa shape index (κ3) is 1.73. The maximum atomic E-state index is 5.49. The molecule has 0 amide bonds. The van der Waals surface area contributed by atoms with Crippen LogP contribution in [0.15, 0.2) is 18.2 Å². The lowest BCUT2D eigenvalue weighted by Crippen LogP contribution is -2.34. The molecule has 3 heteroatoms. The van der Waals surface area contributed by atoms with Gasteiger partial charge in [-0.05, 0) is 17.2 Å². The molecule has 3 rings (SSSR count). The Morgan fingerprint density at radius 3 is 3.13 bits per heavy atom. The second kappa shape index (κ2) is 3.83. The van der Waals surface area contributed by atoms with Crippen LogP contribution < -0.4 is 10.1 Å². The number of rotatable bonds is 1. The highest BCUT2D eigenvalue weighted by atomic mass is 16.5. The number of morpholine rings is 1. The summed E-state index contributed by atoms with van der Waals surface area (Å²) in [4.78, 5) is 0. The van der Waals surface area contributed by atoms with Gasteiger partial charge in [-0.2, -0.15) is 0 Å². The molecule has 0 aliphatic carbocycles. The minimum Gasteiger partial charge on any atom is -0.493 e. The fourth-order valence-electron chi connectivity index (χ4n) is 2.20. The Morgan fingerprint density at radius 2 is 2.27 bits per heavy atom. The maximum absolute atomic E-state index is 5.49. The van der Waals surface area contributed by atoms with Crippen LogP contribution in [-0.2, 0) is 11.2 Å². The van der Waals surface area contributed by atoms with Gasteiger partial charge in [0, 0.05) is 13.0 Å². The van der Waals surface area contributed by atoms with E-state index in [0.29, 0.717) is 6.04 Å². The summed E-state index contributed by atoms with van der Waals surface area (Å²) in [7, 11) is 0. The Balaban J connectivity index is 1.85. The Kier molecular flexibility index (Phi) is 2.35. The fourth-order valence-corrected chi connectivity index (χ4v) is 2.20. The highest BCUT2D eigenvalue weighted by molar-refractivity contribution is 5.40. The molecule has 2 aliphatic rings. The molecule has 2 heterocycles. The summed E-state index contributed by atoms with van der Waals surface area (Å²) in [6.45, 7) is 3.37. The molecule has 0 spiro atoms. The summed E-state index contributed by atoms with van der Waals surface area (Å²) >= 11 is 0. The van der Waals surface area contributed by atoms with Crippen molar-refractivity contribution in [1.29, 1.82) is 0 Å². The van der Waals surface area contributed by atoms with E-state index >= 15 is 0 Å². The molecule has 0 saturated carbocycles. The molecular weight excluding hydrogens is 190 g/mol. The van der Waals surface area contributed by atoms with Gasteiger partial charge >= 0.3 is 0 Å². The van der Waals surface area contributed by atoms with Gasteiger partial charge in [0.1, 0.15) is 5.75 Å². The predicted octanol–water partition coefficient (Wildman–Crippen LogP) is 1.28. The van der Waals surface area contributed by atoms with Crippen LogP contribution in [0.2, 0.25) is 0 Å². The molecule has 1 fully saturated rings. The van der Waals surface area contributed by atoms with E-state index < -0.39 is 0 Å². The van der Waals surface area contributed by atoms with E-state index in [1.807, 2.05) is 0 Å². The van der Waals surface area contributed by atoms with Crippen LogP contribution >= 0.6 is 0 Å². The largest absolute Gasteiger partial charge is 0.493 e. The SMILES string of the molecule is c1cc2c(cc1[C@H]1COCCN1)CCO2. The Morgan fingerprint density at radius 1 is 1.27 bits per heavy atom. The first-order valence-electron chi connectivity index (χ1n) is 5.50. The zero-order valence-electron chi connectivity index (χ0n) is 8.66. The molecule has 15 heavy (non-hydrogen) atoms. The van der Waals surface area contributed by atoms with Crippen molar-refractivity contribution in [3.63, 3.8) is 0 Å². The van der Waals surface area contributed by atoms with Crippen molar-refractivity contribution in [2.75, 3.05) is 26.4 Å². The van der Waals surface area contributed by atoms with Crippen LogP contribution in [0.5, 0.6) is 5.75 Å². The number of fused-ring (bicyclic) bond motifs is 1. The minimum absolute atomic E-state index is 0.352. The lowest BCUT2D eigenvalue weighted by atomic mass is 10.0. The van der Waals surface area contributed by atoms with E-state index in [4.69, 9.17) is 9.47 Å². The van der Waals surface area contributed by atoms with Crippen molar-refractivity contribution in [2.24, 2.45) is 0 Å². The number of nitrogens with one attached hydrogen (secondary N) is 1. The number of hydrogen-bond acceptors (Lipinski definition) is 3. The van der Waals surface area contributed by atoms with Crippen LogP contribution in [0.3, 0.4) is 0 Å². The number of benzene rings is 1. The quantitative estimate of drug-likeness (QED) is 0.749. The molecule has 0 aromatic heterocycles. The van der Waals surface area contributed by atoms with Crippen LogP contribution in [0.1, 0.15) is 17.2 Å².